The SMILES string of the molecule is Cc1ccc2c(-c3ccc(N(c4ccccc4)c4ccc(-n5c6ccccc6c6ccccc65)cc4)cc3)c3ccccc3c(-c3ccc(N(c4ccccc4)c4ccc(-n5c6ccccc6c6ccccc65)cc4)cc3)c2c1. The Morgan fingerprint density at radius 1 is 0.228 bits per heavy atom. The lowest BCUT2D eigenvalue weighted by Gasteiger charge is -2.26. The number of rotatable bonds is 10. The monoisotopic (exact) mass is 1010 g/mol. The summed E-state index contributed by atoms with van der Waals surface area (Å²) in [4.78, 5) is 4.71. The molecular weight excluding hydrogens is 957 g/mol. The van der Waals surface area contributed by atoms with Gasteiger partial charge in [-0.05, 0) is 172 Å². The second-order valence-electron chi connectivity index (χ2n) is 20.6. The molecule has 13 aromatic carbocycles. The van der Waals surface area contributed by atoms with E-state index in [1.54, 1.807) is 0 Å². The van der Waals surface area contributed by atoms with E-state index >= 15 is 0 Å². The summed E-state index contributed by atoms with van der Waals surface area (Å²) in [6.07, 6.45) is 0. The molecular formula is C75H52N4. The molecule has 4 heteroatoms. The van der Waals surface area contributed by atoms with Gasteiger partial charge in [0.05, 0.1) is 22.1 Å². The highest BCUT2D eigenvalue weighted by Gasteiger charge is 2.21. The van der Waals surface area contributed by atoms with Crippen LogP contribution in [0.15, 0.2) is 297 Å². The predicted octanol–water partition coefficient (Wildman–Crippen LogP) is 20.8. The van der Waals surface area contributed by atoms with Crippen molar-refractivity contribution in [3.8, 4) is 33.6 Å². The summed E-state index contributed by atoms with van der Waals surface area (Å²) in [7, 11) is 0. The first-order valence-corrected chi connectivity index (χ1v) is 27.2. The summed E-state index contributed by atoms with van der Waals surface area (Å²) >= 11 is 0. The molecule has 0 spiro atoms. The summed E-state index contributed by atoms with van der Waals surface area (Å²) in [5.74, 6) is 0. The summed E-state index contributed by atoms with van der Waals surface area (Å²) in [6, 6.07) is 108. The molecule has 4 nitrogen and oxygen atoms in total. The maximum Gasteiger partial charge on any atom is 0.0541 e. The predicted molar refractivity (Wildman–Crippen MR) is 335 cm³/mol. The summed E-state index contributed by atoms with van der Waals surface area (Å²) in [6.45, 7) is 2.20. The Kier molecular flexibility index (Phi) is 11.0. The fourth-order valence-electron chi connectivity index (χ4n) is 12.4. The van der Waals surface area contributed by atoms with E-state index in [-0.39, 0.29) is 0 Å². The van der Waals surface area contributed by atoms with Gasteiger partial charge in [0.1, 0.15) is 0 Å². The minimum Gasteiger partial charge on any atom is -0.311 e. The highest BCUT2D eigenvalue weighted by Crippen LogP contribution is 2.46. The zero-order valence-corrected chi connectivity index (χ0v) is 43.6. The van der Waals surface area contributed by atoms with E-state index in [9.17, 15) is 0 Å². The smallest absolute Gasteiger partial charge is 0.0541 e. The van der Waals surface area contributed by atoms with Crippen molar-refractivity contribution >= 4 is 99.3 Å². The Hall–Kier alpha value is -10.4. The van der Waals surface area contributed by atoms with Crippen molar-refractivity contribution in [3.63, 3.8) is 0 Å². The van der Waals surface area contributed by atoms with Crippen LogP contribution in [-0.4, -0.2) is 9.13 Å². The Morgan fingerprint density at radius 3 is 0.873 bits per heavy atom. The number of nitrogens with zero attached hydrogens (tertiary/aromatic N) is 4. The lowest BCUT2D eigenvalue weighted by atomic mass is 9.85. The molecule has 0 aliphatic rings. The number of para-hydroxylation sites is 6. The van der Waals surface area contributed by atoms with Crippen LogP contribution in [0.5, 0.6) is 0 Å². The Bertz CT molecular complexity index is 4640. The summed E-state index contributed by atoms with van der Waals surface area (Å²) < 4.78 is 4.75. The van der Waals surface area contributed by atoms with Gasteiger partial charge < -0.3 is 18.9 Å². The first-order valence-electron chi connectivity index (χ1n) is 27.2. The normalized spacial score (nSPS) is 11.6. The fourth-order valence-corrected chi connectivity index (χ4v) is 12.4. The molecule has 0 saturated heterocycles. The van der Waals surface area contributed by atoms with Crippen LogP contribution in [0.1, 0.15) is 5.56 Å². The van der Waals surface area contributed by atoms with Gasteiger partial charge in [-0.25, -0.2) is 0 Å². The van der Waals surface area contributed by atoms with Gasteiger partial charge in [-0.3, -0.25) is 0 Å². The van der Waals surface area contributed by atoms with Crippen molar-refractivity contribution in [3.05, 3.63) is 303 Å². The first-order chi connectivity index (χ1) is 39.1. The van der Waals surface area contributed by atoms with E-state index in [4.69, 9.17) is 0 Å². The van der Waals surface area contributed by atoms with Crippen LogP contribution in [0.25, 0.3) is 98.8 Å². The molecule has 0 unspecified atom stereocenters. The number of anilines is 6. The third-order valence-electron chi connectivity index (χ3n) is 15.9. The van der Waals surface area contributed by atoms with Gasteiger partial charge in [-0.1, -0.05) is 181 Å². The van der Waals surface area contributed by atoms with E-state index in [1.807, 2.05) is 0 Å². The second-order valence-corrected chi connectivity index (χ2v) is 20.6. The molecule has 0 atom stereocenters. The Morgan fingerprint density at radius 2 is 0.506 bits per heavy atom. The van der Waals surface area contributed by atoms with Crippen molar-refractivity contribution in [1.29, 1.82) is 0 Å². The molecule has 2 heterocycles. The minimum absolute atomic E-state index is 1.09. The van der Waals surface area contributed by atoms with E-state index in [0.29, 0.717) is 0 Å². The first kappa shape index (κ1) is 45.9. The molecule has 0 bridgehead atoms. The third kappa shape index (κ3) is 7.76. The molecule has 0 aliphatic carbocycles. The van der Waals surface area contributed by atoms with Crippen LogP contribution in [-0.2, 0) is 0 Å². The van der Waals surface area contributed by atoms with Crippen LogP contribution < -0.4 is 9.80 Å². The minimum atomic E-state index is 1.09. The van der Waals surface area contributed by atoms with Gasteiger partial charge in [0, 0.05) is 67.0 Å². The number of fused-ring (bicyclic) bond motifs is 8. The fraction of sp³-hybridized carbons (Fsp3) is 0.0133. The van der Waals surface area contributed by atoms with Gasteiger partial charge in [0.2, 0.25) is 0 Å². The summed E-state index contributed by atoms with van der Waals surface area (Å²) in [5.41, 5.74) is 19.7. The number of benzene rings is 13. The zero-order chi connectivity index (χ0) is 52.4. The van der Waals surface area contributed by atoms with Crippen LogP contribution >= 0.6 is 0 Å². The topological polar surface area (TPSA) is 16.3 Å². The molecule has 0 amide bonds. The molecule has 79 heavy (non-hydrogen) atoms. The number of hydrogen-bond donors (Lipinski definition) is 0. The van der Waals surface area contributed by atoms with Crippen molar-refractivity contribution in [2.75, 3.05) is 9.80 Å². The van der Waals surface area contributed by atoms with Crippen LogP contribution in [0.3, 0.4) is 0 Å². The number of hydrogen-bond acceptors (Lipinski definition) is 2. The third-order valence-corrected chi connectivity index (χ3v) is 15.9. The van der Waals surface area contributed by atoms with Crippen LogP contribution in [0.2, 0.25) is 0 Å². The maximum atomic E-state index is 2.38. The molecule has 0 saturated carbocycles. The van der Waals surface area contributed by atoms with Gasteiger partial charge in [0.15, 0.2) is 0 Å². The van der Waals surface area contributed by atoms with E-state index in [1.165, 1.54) is 93.0 Å². The molecule has 2 aromatic heterocycles. The molecule has 0 N–H and O–H groups in total. The van der Waals surface area contributed by atoms with Gasteiger partial charge in [0.25, 0.3) is 0 Å². The Balaban J connectivity index is 0.796. The Labute approximate surface area is 459 Å². The van der Waals surface area contributed by atoms with E-state index in [0.717, 1.165) is 45.5 Å². The van der Waals surface area contributed by atoms with Crippen molar-refractivity contribution in [2.24, 2.45) is 0 Å². The molecule has 15 rings (SSSR count). The maximum absolute atomic E-state index is 2.38. The van der Waals surface area contributed by atoms with E-state index in [2.05, 4.69) is 323 Å². The van der Waals surface area contributed by atoms with Crippen LogP contribution in [0, 0.1) is 6.92 Å². The highest BCUT2D eigenvalue weighted by molar-refractivity contribution is 6.21. The van der Waals surface area contributed by atoms with Crippen molar-refractivity contribution in [1.82, 2.24) is 9.13 Å². The molecule has 15 aromatic rings. The molecule has 0 fully saturated rings. The largest absolute Gasteiger partial charge is 0.311 e. The molecule has 0 aliphatic heterocycles. The number of aromatic nitrogens is 2. The highest BCUT2D eigenvalue weighted by atomic mass is 15.1. The molecule has 0 radical (unpaired) electrons. The van der Waals surface area contributed by atoms with Gasteiger partial charge in [-0.2, -0.15) is 0 Å². The van der Waals surface area contributed by atoms with Crippen LogP contribution in [0.4, 0.5) is 34.1 Å². The average molecular weight is 1010 g/mol. The second kappa shape index (κ2) is 19.0. The molecule has 372 valence electrons. The van der Waals surface area contributed by atoms with Crippen molar-refractivity contribution < 1.29 is 0 Å². The average Bonchev–Trinajstić information content (AvgIpc) is 4.12. The lowest BCUT2D eigenvalue weighted by Crippen LogP contribution is -2.10. The van der Waals surface area contributed by atoms with Gasteiger partial charge in [-0.15, -0.1) is 0 Å². The standard InChI is InChI=1S/C75H52N4/c1-51-32-49-68-69(50-51)75(53-35-39-57(40-36-53)77(55-20-6-3-7-21-55)59-43-47-61(48-44-59)79-72-30-16-12-24-64(72)65-25-13-17-31-73(65)79)67-27-9-8-26-66(67)74(68)52-33-37-56(38-34-52)76(54-18-4-2-5-19-54)58-41-45-60(46-42-58)78-70-28-14-10-22-62(70)63-23-11-15-29-71(63)78/h2-50H,1H3. The van der Waals surface area contributed by atoms with Gasteiger partial charge >= 0.3 is 0 Å². The zero-order valence-electron chi connectivity index (χ0n) is 43.6. The quantitative estimate of drug-likeness (QED) is 0.127. The number of aryl methyl sites for hydroxylation is 1. The lowest BCUT2D eigenvalue weighted by molar-refractivity contribution is 1.17. The van der Waals surface area contributed by atoms with Crippen molar-refractivity contribution in [2.45, 2.75) is 6.92 Å². The summed E-state index contributed by atoms with van der Waals surface area (Å²) in [5, 5.41) is 9.94. The van der Waals surface area contributed by atoms with E-state index < -0.39 is 0 Å².